The van der Waals surface area contributed by atoms with Gasteiger partial charge in [0.1, 0.15) is 0 Å². The molecule has 2 N–H and O–H groups in total. The molecule has 1 fully saturated rings. The van der Waals surface area contributed by atoms with E-state index in [4.69, 9.17) is 5.73 Å². The Morgan fingerprint density at radius 3 is 2.87 bits per heavy atom. The van der Waals surface area contributed by atoms with Crippen LogP contribution in [-0.4, -0.2) is 12.3 Å². The molecular formula is C11H13F2NS. The summed E-state index contributed by atoms with van der Waals surface area (Å²) < 4.78 is 24.3. The molecule has 82 valence electrons. The first kappa shape index (κ1) is 10.9. The van der Waals surface area contributed by atoms with Crippen molar-refractivity contribution in [2.24, 2.45) is 11.7 Å². The number of hydrogen-bond donors (Lipinski definition) is 1. The zero-order valence-electron chi connectivity index (χ0n) is 8.20. The van der Waals surface area contributed by atoms with Gasteiger partial charge in [0, 0.05) is 4.90 Å². The van der Waals surface area contributed by atoms with Crippen LogP contribution in [-0.2, 0) is 0 Å². The Hall–Kier alpha value is -0.610. The molecule has 0 bridgehead atoms. The molecule has 1 aromatic carbocycles. The van der Waals surface area contributed by atoms with Crippen LogP contribution >= 0.6 is 11.8 Å². The molecule has 0 aliphatic heterocycles. The second-order valence-electron chi connectivity index (χ2n) is 3.79. The standard InChI is InChI=1S/C11H13F2NS/c12-11(13)15-9-3-1-2-7(4-9)10-5-8(10)6-14/h1-4,8,10-11H,5-6,14H2/t8-,10-/m0/s1. The Bertz CT molecular complexity index is 343. The SMILES string of the molecule is NC[C@@H]1C[C@H]1c1cccc(SC(F)F)c1. The van der Waals surface area contributed by atoms with Gasteiger partial charge >= 0.3 is 0 Å². The number of nitrogens with two attached hydrogens (primary N) is 1. The smallest absolute Gasteiger partial charge is 0.288 e. The molecule has 0 aromatic heterocycles. The average molecular weight is 229 g/mol. The molecule has 1 aromatic rings. The highest BCUT2D eigenvalue weighted by Gasteiger charge is 2.36. The lowest BCUT2D eigenvalue weighted by Crippen LogP contribution is -2.01. The van der Waals surface area contributed by atoms with Gasteiger partial charge in [-0.05, 0) is 42.5 Å². The highest BCUT2D eigenvalue weighted by Crippen LogP contribution is 2.47. The second kappa shape index (κ2) is 4.49. The first-order valence-electron chi connectivity index (χ1n) is 4.95. The number of hydrogen-bond acceptors (Lipinski definition) is 2. The number of thioether (sulfide) groups is 1. The van der Waals surface area contributed by atoms with Gasteiger partial charge in [-0.3, -0.25) is 0 Å². The minimum absolute atomic E-state index is 0.494. The van der Waals surface area contributed by atoms with Gasteiger partial charge in [0.05, 0.1) is 0 Å². The van der Waals surface area contributed by atoms with E-state index in [0.717, 1.165) is 12.0 Å². The number of benzene rings is 1. The van der Waals surface area contributed by atoms with Crippen LogP contribution in [0.3, 0.4) is 0 Å². The summed E-state index contributed by atoms with van der Waals surface area (Å²) in [6.07, 6.45) is 1.10. The van der Waals surface area contributed by atoms with Crippen LogP contribution in [0.15, 0.2) is 29.2 Å². The van der Waals surface area contributed by atoms with Crippen LogP contribution in [0.4, 0.5) is 8.78 Å². The molecule has 15 heavy (non-hydrogen) atoms. The van der Waals surface area contributed by atoms with E-state index < -0.39 is 5.76 Å². The minimum atomic E-state index is -2.34. The van der Waals surface area contributed by atoms with Crippen molar-refractivity contribution >= 4 is 11.8 Å². The van der Waals surface area contributed by atoms with Crippen molar-refractivity contribution in [3.8, 4) is 0 Å². The van der Waals surface area contributed by atoms with Crippen molar-refractivity contribution in [3.63, 3.8) is 0 Å². The number of rotatable bonds is 4. The van der Waals surface area contributed by atoms with Gasteiger partial charge in [0.25, 0.3) is 5.76 Å². The van der Waals surface area contributed by atoms with Gasteiger partial charge < -0.3 is 5.73 Å². The Morgan fingerprint density at radius 1 is 1.47 bits per heavy atom. The molecule has 0 amide bonds. The predicted molar refractivity (Wildman–Crippen MR) is 58.2 cm³/mol. The van der Waals surface area contributed by atoms with Crippen molar-refractivity contribution in [2.75, 3.05) is 6.54 Å². The average Bonchev–Trinajstić information content (AvgIpc) is 2.96. The largest absolute Gasteiger partial charge is 0.330 e. The molecule has 0 unspecified atom stereocenters. The van der Waals surface area contributed by atoms with E-state index in [1.165, 1.54) is 0 Å². The lowest BCUT2D eigenvalue weighted by Gasteiger charge is -2.03. The third kappa shape index (κ3) is 2.69. The Balaban J connectivity index is 2.06. The fourth-order valence-corrected chi connectivity index (χ4v) is 2.40. The van der Waals surface area contributed by atoms with Crippen molar-refractivity contribution < 1.29 is 8.78 Å². The zero-order chi connectivity index (χ0) is 10.8. The number of alkyl halides is 2. The molecule has 1 saturated carbocycles. The van der Waals surface area contributed by atoms with Crippen LogP contribution in [0.1, 0.15) is 17.9 Å². The minimum Gasteiger partial charge on any atom is -0.330 e. The first-order chi connectivity index (χ1) is 7.20. The van der Waals surface area contributed by atoms with Gasteiger partial charge in [-0.2, -0.15) is 8.78 Å². The second-order valence-corrected chi connectivity index (χ2v) is 4.85. The molecule has 4 heteroatoms. The van der Waals surface area contributed by atoms with Crippen molar-refractivity contribution in [1.29, 1.82) is 0 Å². The molecule has 0 spiro atoms. The first-order valence-corrected chi connectivity index (χ1v) is 5.83. The van der Waals surface area contributed by atoms with E-state index in [1.807, 2.05) is 18.2 Å². The van der Waals surface area contributed by atoms with Crippen LogP contribution < -0.4 is 5.73 Å². The molecule has 1 aliphatic carbocycles. The maximum atomic E-state index is 12.2. The van der Waals surface area contributed by atoms with E-state index in [9.17, 15) is 8.78 Å². The van der Waals surface area contributed by atoms with Gasteiger partial charge in [-0.25, -0.2) is 0 Å². The fraction of sp³-hybridized carbons (Fsp3) is 0.455. The van der Waals surface area contributed by atoms with E-state index in [1.54, 1.807) is 6.07 Å². The topological polar surface area (TPSA) is 26.0 Å². The molecule has 0 heterocycles. The Morgan fingerprint density at radius 2 is 2.27 bits per heavy atom. The Labute approximate surface area is 92.0 Å². The molecule has 0 saturated heterocycles. The van der Waals surface area contributed by atoms with Crippen molar-refractivity contribution in [2.45, 2.75) is 23.0 Å². The summed E-state index contributed by atoms with van der Waals surface area (Å²) >= 11 is 0.602. The summed E-state index contributed by atoms with van der Waals surface area (Å²) in [5, 5.41) is 0. The summed E-state index contributed by atoms with van der Waals surface area (Å²) in [4.78, 5) is 0.644. The van der Waals surface area contributed by atoms with E-state index >= 15 is 0 Å². The van der Waals surface area contributed by atoms with E-state index in [2.05, 4.69) is 0 Å². The maximum Gasteiger partial charge on any atom is 0.288 e. The van der Waals surface area contributed by atoms with Gasteiger partial charge in [0.15, 0.2) is 0 Å². The summed E-state index contributed by atoms with van der Waals surface area (Å²) in [6.45, 7) is 0.691. The molecule has 2 atom stereocenters. The molecule has 0 radical (unpaired) electrons. The molecule has 1 aliphatic rings. The fourth-order valence-electron chi connectivity index (χ4n) is 1.84. The van der Waals surface area contributed by atoms with Crippen LogP contribution in [0, 0.1) is 5.92 Å². The monoisotopic (exact) mass is 229 g/mol. The van der Waals surface area contributed by atoms with Crippen molar-refractivity contribution in [3.05, 3.63) is 29.8 Å². The third-order valence-electron chi connectivity index (χ3n) is 2.74. The Kier molecular flexibility index (Phi) is 3.26. The normalized spacial score (nSPS) is 24.5. The number of halogens is 2. The zero-order valence-corrected chi connectivity index (χ0v) is 9.01. The molecular weight excluding hydrogens is 216 g/mol. The molecule has 1 nitrogen and oxygen atoms in total. The van der Waals surface area contributed by atoms with Crippen LogP contribution in [0.25, 0.3) is 0 Å². The highest BCUT2D eigenvalue weighted by atomic mass is 32.2. The summed E-state index contributed by atoms with van der Waals surface area (Å²) in [7, 11) is 0. The van der Waals surface area contributed by atoms with Gasteiger partial charge in [-0.15, -0.1) is 0 Å². The van der Waals surface area contributed by atoms with Crippen LogP contribution in [0.5, 0.6) is 0 Å². The quantitative estimate of drug-likeness (QED) is 0.803. The van der Waals surface area contributed by atoms with E-state index in [-0.39, 0.29) is 0 Å². The summed E-state index contributed by atoms with van der Waals surface area (Å²) in [6, 6.07) is 7.42. The van der Waals surface area contributed by atoms with E-state index in [0.29, 0.717) is 35.0 Å². The predicted octanol–water partition coefficient (Wildman–Crippen LogP) is 3.06. The maximum absolute atomic E-state index is 12.2. The van der Waals surface area contributed by atoms with Crippen LogP contribution in [0.2, 0.25) is 0 Å². The third-order valence-corrected chi connectivity index (χ3v) is 3.44. The lowest BCUT2D eigenvalue weighted by molar-refractivity contribution is 0.252. The molecule has 2 rings (SSSR count). The van der Waals surface area contributed by atoms with Gasteiger partial charge in [-0.1, -0.05) is 23.9 Å². The lowest BCUT2D eigenvalue weighted by atomic mass is 10.1. The van der Waals surface area contributed by atoms with Gasteiger partial charge in [0.2, 0.25) is 0 Å². The summed E-state index contributed by atoms with van der Waals surface area (Å²) in [5.74, 6) is -1.30. The van der Waals surface area contributed by atoms with Crippen molar-refractivity contribution in [1.82, 2.24) is 0 Å². The highest BCUT2D eigenvalue weighted by molar-refractivity contribution is 7.99. The summed E-state index contributed by atoms with van der Waals surface area (Å²) in [5.41, 5.74) is 6.70.